The molecule has 2 aromatic carbocycles. The van der Waals surface area contributed by atoms with E-state index in [1.807, 2.05) is 53.4 Å². The van der Waals surface area contributed by atoms with Crippen LogP contribution in [0.5, 0.6) is 5.75 Å². The maximum Gasteiger partial charge on any atom is 0.251 e. The van der Waals surface area contributed by atoms with Crippen LogP contribution in [0.1, 0.15) is 35.7 Å². The molecule has 0 bridgehead atoms. The molecule has 37 heavy (non-hydrogen) atoms. The fourth-order valence-corrected chi connectivity index (χ4v) is 4.30. The lowest BCUT2D eigenvalue weighted by Crippen LogP contribution is -2.41. The highest BCUT2D eigenvalue weighted by molar-refractivity contribution is 5.94. The van der Waals surface area contributed by atoms with Gasteiger partial charge in [-0.2, -0.15) is 4.98 Å². The Morgan fingerprint density at radius 3 is 2.65 bits per heavy atom. The van der Waals surface area contributed by atoms with E-state index in [0.29, 0.717) is 44.4 Å². The van der Waals surface area contributed by atoms with E-state index in [1.54, 1.807) is 7.11 Å². The van der Waals surface area contributed by atoms with Crippen molar-refractivity contribution in [2.75, 3.05) is 50.2 Å². The molecule has 0 aliphatic carbocycles. The molecule has 1 aliphatic rings. The molecule has 0 saturated carbocycles. The number of hydrogen-bond acceptors (Lipinski definition) is 7. The van der Waals surface area contributed by atoms with E-state index in [-0.39, 0.29) is 17.6 Å². The number of methoxy groups -OCH3 is 1. The number of amides is 1. The Hall–Kier alpha value is -3.72. The molecule has 1 atom stereocenters. The first-order chi connectivity index (χ1) is 18.1. The van der Waals surface area contributed by atoms with Crippen LogP contribution in [-0.4, -0.2) is 55.8 Å². The molecule has 1 aromatic heterocycles. The van der Waals surface area contributed by atoms with Gasteiger partial charge >= 0.3 is 0 Å². The van der Waals surface area contributed by atoms with Crippen molar-refractivity contribution in [3.8, 4) is 5.75 Å². The number of ether oxygens (including phenoxy) is 2. The predicted octanol–water partition coefficient (Wildman–Crippen LogP) is 4.59. The largest absolute Gasteiger partial charge is 0.491 e. The molecule has 9 heteroatoms. The molecule has 2 N–H and O–H groups in total. The summed E-state index contributed by atoms with van der Waals surface area (Å²) in [6.45, 7) is 4.91. The Balaban J connectivity index is 1.34. The van der Waals surface area contributed by atoms with Gasteiger partial charge < -0.3 is 25.0 Å². The highest BCUT2D eigenvalue weighted by atomic mass is 19.1. The van der Waals surface area contributed by atoms with Crippen molar-refractivity contribution >= 4 is 23.4 Å². The Bertz CT molecular complexity index is 1160. The van der Waals surface area contributed by atoms with E-state index in [2.05, 4.69) is 27.5 Å². The smallest absolute Gasteiger partial charge is 0.251 e. The van der Waals surface area contributed by atoms with Crippen molar-refractivity contribution in [2.45, 2.75) is 26.2 Å². The fraction of sp³-hybridized carbons (Fsp3) is 0.393. The number of hydrogen-bond donors (Lipinski definition) is 2. The number of nitrogens with one attached hydrogen (secondary N) is 2. The van der Waals surface area contributed by atoms with Gasteiger partial charge in [0.05, 0.1) is 12.8 Å². The zero-order chi connectivity index (χ0) is 26.0. The average molecular weight is 508 g/mol. The van der Waals surface area contributed by atoms with Crippen LogP contribution < -0.4 is 20.3 Å². The number of carbonyl (C=O) groups excluding carboxylic acids is 1. The Morgan fingerprint density at radius 2 is 1.92 bits per heavy atom. The number of halogens is 1. The molecule has 196 valence electrons. The van der Waals surface area contributed by atoms with Crippen LogP contribution in [-0.2, 0) is 11.2 Å². The normalized spacial score (nSPS) is 15.3. The van der Waals surface area contributed by atoms with Crippen LogP contribution in [0.3, 0.4) is 0 Å². The molecule has 1 fully saturated rings. The van der Waals surface area contributed by atoms with E-state index in [4.69, 9.17) is 9.47 Å². The number of piperidine rings is 1. The lowest BCUT2D eigenvalue weighted by Gasteiger charge is -2.33. The third-order valence-electron chi connectivity index (χ3n) is 6.39. The predicted molar refractivity (Wildman–Crippen MR) is 142 cm³/mol. The second-order valence-electron chi connectivity index (χ2n) is 9.07. The van der Waals surface area contributed by atoms with E-state index in [9.17, 15) is 9.18 Å². The molecular weight excluding hydrogens is 473 g/mol. The third kappa shape index (κ3) is 7.39. The van der Waals surface area contributed by atoms with Gasteiger partial charge in [-0.1, -0.05) is 19.1 Å². The highest BCUT2D eigenvalue weighted by Gasteiger charge is 2.24. The molecular formula is C28H34FN5O3. The quantitative estimate of drug-likeness (QED) is 0.367. The van der Waals surface area contributed by atoms with E-state index in [0.717, 1.165) is 30.7 Å². The molecule has 3 aromatic rings. The van der Waals surface area contributed by atoms with Gasteiger partial charge in [-0.05, 0) is 67.1 Å². The maximum atomic E-state index is 14.7. The van der Waals surface area contributed by atoms with Crippen LogP contribution in [0.25, 0.3) is 0 Å². The maximum absolute atomic E-state index is 14.7. The summed E-state index contributed by atoms with van der Waals surface area (Å²) in [7, 11) is 1.63. The fourth-order valence-electron chi connectivity index (χ4n) is 4.30. The van der Waals surface area contributed by atoms with Gasteiger partial charge in [-0.25, -0.2) is 9.37 Å². The van der Waals surface area contributed by atoms with Crippen molar-refractivity contribution < 1.29 is 18.7 Å². The summed E-state index contributed by atoms with van der Waals surface area (Å²) < 4.78 is 25.3. The lowest BCUT2D eigenvalue weighted by molar-refractivity contribution is 0.0945. The monoisotopic (exact) mass is 507 g/mol. The summed E-state index contributed by atoms with van der Waals surface area (Å²) in [6.07, 6.45) is 3.98. The molecule has 0 spiro atoms. The topological polar surface area (TPSA) is 88.6 Å². The van der Waals surface area contributed by atoms with Crippen LogP contribution in [0, 0.1) is 11.7 Å². The SMILES string of the molecule is CCc1ccc(C(=O)NCC2CCCN(c3nc(Nc4ccc(OCCOC)cc4)ncc3F)C2)cc1. The van der Waals surface area contributed by atoms with E-state index in [1.165, 1.54) is 11.8 Å². The summed E-state index contributed by atoms with van der Waals surface area (Å²) in [5.74, 6) is 0.957. The number of rotatable bonds is 11. The first kappa shape index (κ1) is 26.3. The molecule has 1 unspecified atom stereocenters. The first-order valence-corrected chi connectivity index (χ1v) is 12.7. The minimum absolute atomic E-state index is 0.0883. The van der Waals surface area contributed by atoms with Crippen molar-refractivity contribution in [3.05, 3.63) is 71.7 Å². The Labute approximate surface area is 217 Å². The summed E-state index contributed by atoms with van der Waals surface area (Å²) in [5.41, 5.74) is 2.61. The summed E-state index contributed by atoms with van der Waals surface area (Å²) >= 11 is 0. The zero-order valence-electron chi connectivity index (χ0n) is 21.4. The minimum atomic E-state index is -0.465. The van der Waals surface area contributed by atoms with Crippen molar-refractivity contribution in [3.63, 3.8) is 0 Å². The highest BCUT2D eigenvalue weighted by Crippen LogP contribution is 2.26. The number of anilines is 3. The number of aromatic nitrogens is 2. The number of carbonyl (C=O) groups is 1. The molecule has 2 heterocycles. The van der Waals surface area contributed by atoms with E-state index < -0.39 is 5.82 Å². The van der Waals surface area contributed by atoms with Gasteiger partial charge in [0.1, 0.15) is 12.4 Å². The summed E-state index contributed by atoms with van der Waals surface area (Å²) in [4.78, 5) is 23.1. The third-order valence-corrected chi connectivity index (χ3v) is 6.39. The molecule has 0 radical (unpaired) electrons. The molecule has 4 rings (SSSR count). The standard InChI is InChI=1S/C28H34FN5O3/c1-3-20-6-8-22(9-7-20)27(35)30-17-21-5-4-14-34(19-21)26-25(29)18-31-28(33-26)32-23-10-12-24(13-11-23)37-16-15-36-2/h6-13,18,21H,3-5,14-17,19H2,1-2H3,(H,30,35)(H,31,32,33). The van der Waals surface area contributed by atoms with Crippen LogP contribution in [0.15, 0.2) is 54.7 Å². The first-order valence-electron chi connectivity index (χ1n) is 12.7. The van der Waals surface area contributed by atoms with Gasteiger partial charge in [0, 0.05) is 38.0 Å². The summed E-state index contributed by atoms with van der Waals surface area (Å²) in [6, 6.07) is 15.0. The molecule has 1 aliphatic heterocycles. The van der Waals surface area contributed by atoms with Gasteiger partial charge in [-0.15, -0.1) is 0 Å². The summed E-state index contributed by atoms with van der Waals surface area (Å²) in [5, 5.41) is 6.17. The van der Waals surface area contributed by atoms with Crippen LogP contribution in [0.2, 0.25) is 0 Å². The van der Waals surface area contributed by atoms with Crippen molar-refractivity contribution in [1.29, 1.82) is 0 Å². The Morgan fingerprint density at radius 1 is 1.14 bits per heavy atom. The Kier molecular flexibility index (Phi) is 9.26. The minimum Gasteiger partial charge on any atom is -0.491 e. The second kappa shape index (κ2) is 13.0. The van der Waals surface area contributed by atoms with Gasteiger partial charge in [0.15, 0.2) is 11.6 Å². The van der Waals surface area contributed by atoms with Crippen LogP contribution >= 0.6 is 0 Å². The van der Waals surface area contributed by atoms with Gasteiger partial charge in [0.25, 0.3) is 5.91 Å². The molecule has 1 amide bonds. The van der Waals surface area contributed by atoms with Gasteiger partial charge in [-0.3, -0.25) is 4.79 Å². The van der Waals surface area contributed by atoms with E-state index >= 15 is 0 Å². The van der Waals surface area contributed by atoms with Crippen molar-refractivity contribution in [2.24, 2.45) is 5.92 Å². The number of benzene rings is 2. The van der Waals surface area contributed by atoms with Crippen LogP contribution in [0.4, 0.5) is 21.8 Å². The van der Waals surface area contributed by atoms with Crippen molar-refractivity contribution in [1.82, 2.24) is 15.3 Å². The molecule has 1 saturated heterocycles. The number of aryl methyl sites for hydroxylation is 1. The molecule has 8 nitrogen and oxygen atoms in total. The van der Waals surface area contributed by atoms with Gasteiger partial charge in [0.2, 0.25) is 5.95 Å². The zero-order valence-corrected chi connectivity index (χ0v) is 21.4. The second-order valence-corrected chi connectivity index (χ2v) is 9.07. The number of nitrogens with zero attached hydrogens (tertiary/aromatic N) is 3. The average Bonchev–Trinajstić information content (AvgIpc) is 2.94. The lowest BCUT2D eigenvalue weighted by atomic mass is 9.97.